The summed E-state index contributed by atoms with van der Waals surface area (Å²) in [4.78, 5) is 37.5. The Balaban J connectivity index is 1.86. The van der Waals surface area contributed by atoms with Gasteiger partial charge in [0.15, 0.2) is 11.9 Å². The molecule has 202 valence electrons. The predicted octanol–water partition coefficient (Wildman–Crippen LogP) is 5.21. The Kier molecular flexibility index (Phi) is 10.4. The first-order valence-corrected chi connectivity index (χ1v) is 12.7. The van der Waals surface area contributed by atoms with Crippen molar-refractivity contribution in [3.8, 4) is 0 Å². The maximum absolute atomic E-state index is 14.3. The number of ether oxygens (including phenoxy) is 1. The lowest BCUT2D eigenvalue weighted by Crippen LogP contribution is -2.34. The minimum atomic E-state index is -1.63. The molecule has 0 fully saturated rings. The maximum Gasteiger partial charge on any atom is 0.354 e. The van der Waals surface area contributed by atoms with Crippen LogP contribution in [0, 0.1) is 11.7 Å². The molecule has 0 aliphatic rings. The Morgan fingerprint density at radius 1 is 1.11 bits per heavy atom. The topological polar surface area (TPSA) is 119 Å². The Hall–Kier alpha value is -3.27. The average molecular weight is 565 g/mol. The number of unbranched alkanes of at least 4 members (excludes halogenated alkanes) is 1. The van der Waals surface area contributed by atoms with Crippen molar-refractivity contribution in [2.75, 3.05) is 6.61 Å². The molecule has 11 heteroatoms. The van der Waals surface area contributed by atoms with Crippen LogP contribution in [-0.2, 0) is 22.5 Å². The van der Waals surface area contributed by atoms with Crippen LogP contribution < -0.4 is 0 Å². The van der Waals surface area contributed by atoms with Gasteiger partial charge < -0.3 is 14.9 Å². The molecule has 3 rings (SSSR count). The van der Waals surface area contributed by atoms with Gasteiger partial charge in [-0.3, -0.25) is 9.48 Å². The number of hydrogen-bond acceptors (Lipinski definition) is 6. The molecule has 1 heterocycles. The standard InChI is InChI=1S/C27H27Cl2FN2O6/c1-2-3-10-38-27(37)25(34)18(11-16-6-4-5-7-20(16)29)12-24(33)22-14-23(26(35)36)32(31-22)15-17-8-9-19(28)13-21(17)30/h4-9,13-14,18,25,34H,2-3,10-12,15H2,1H3,(H,35,36)/t18-,25+/m0/s1. The zero-order valence-corrected chi connectivity index (χ0v) is 22.1. The largest absolute Gasteiger partial charge is 0.477 e. The zero-order valence-electron chi connectivity index (χ0n) is 20.6. The highest BCUT2D eigenvalue weighted by molar-refractivity contribution is 6.31. The van der Waals surface area contributed by atoms with Crippen molar-refractivity contribution in [1.29, 1.82) is 0 Å². The summed E-state index contributed by atoms with van der Waals surface area (Å²) in [5, 5.41) is 25.1. The molecule has 1 aromatic heterocycles. The molecule has 0 bridgehead atoms. The van der Waals surface area contributed by atoms with E-state index in [1.165, 1.54) is 12.1 Å². The van der Waals surface area contributed by atoms with Crippen LogP contribution >= 0.6 is 23.2 Å². The lowest BCUT2D eigenvalue weighted by molar-refractivity contribution is -0.156. The smallest absolute Gasteiger partial charge is 0.354 e. The molecule has 0 aliphatic carbocycles. The van der Waals surface area contributed by atoms with Crippen LogP contribution in [0.4, 0.5) is 4.39 Å². The van der Waals surface area contributed by atoms with Gasteiger partial charge in [-0.05, 0) is 36.6 Å². The van der Waals surface area contributed by atoms with Crippen LogP contribution in [0.3, 0.4) is 0 Å². The molecule has 0 aliphatic heterocycles. The molecule has 3 aromatic rings. The number of benzene rings is 2. The third-order valence-electron chi connectivity index (χ3n) is 5.94. The summed E-state index contributed by atoms with van der Waals surface area (Å²) >= 11 is 12.0. The molecule has 38 heavy (non-hydrogen) atoms. The molecule has 0 saturated carbocycles. The number of halogens is 3. The first-order valence-electron chi connectivity index (χ1n) is 12.0. The zero-order chi connectivity index (χ0) is 27.8. The lowest BCUT2D eigenvalue weighted by Gasteiger charge is -2.21. The van der Waals surface area contributed by atoms with Crippen molar-refractivity contribution >= 4 is 40.9 Å². The number of carbonyl (C=O) groups excluding carboxylic acids is 2. The van der Waals surface area contributed by atoms with E-state index >= 15 is 0 Å². The van der Waals surface area contributed by atoms with E-state index in [2.05, 4.69) is 5.10 Å². The number of carbonyl (C=O) groups is 3. The van der Waals surface area contributed by atoms with Gasteiger partial charge in [0.05, 0.1) is 13.2 Å². The number of ketones is 1. The number of aromatic carboxylic acids is 1. The van der Waals surface area contributed by atoms with E-state index < -0.39 is 35.6 Å². The van der Waals surface area contributed by atoms with Gasteiger partial charge in [-0.2, -0.15) is 5.10 Å². The van der Waals surface area contributed by atoms with E-state index in [0.29, 0.717) is 17.0 Å². The van der Waals surface area contributed by atoms with Crippen molar-refractivity contribution in [2.24, 2.45) is 5.92 Å². The highest BCUT2D eigenvalue weighted by Gasteiger charge is 2.32. The van der Waals surface area contributed by atoms with Gasteiger partial charge in [-0.1, -0.05) is 60.8 Å². The van der Waals surface area contributed by atoms with Crippen molar-refractivity contribution in [2.45, 2.75) is 45.3 Å². The van der Waals surface area contributed by atoms with Crippen LogP contribution in [-0.4, -0.2) is 50.4 Å². The number of carboxylic acids is 1. The molecule has 2 aromatic carbocycles. The second-order valence-electron chi connectivity index (χ2n) is 8.76. The highest BCUT2D eigenvalue weighted by Crippen LogP contribution is 2.25. The Morgan fingerprint density at radius 3 is 2.50 bits per heavy atom. The van der Waals surface area contributed by atoms with Gasteiger partial charge in [-0.15, -0.1) is 0 Å². The van der Waals surface area contributed by atoms with Gasteiger partial charge in [-0.25, -0.2) is 14.0 Å². The molecular formula is C27H27Cl2FN2O6. The van der Waals surface area contributed by atoms with Gasteiger partial charge >= 0.3 is 11.9 Å². The van der Waals surface area contributed by atoms with Crippen molar-refractivity contribution in [1.82, 2.24) is 9.78 Å². The Morgan fingerprint density at radius 2 is 1.84 bits per heavy atom. The minimum absolute atomic E-state index is 0.0813. The number of nitrogens with zero attached hydrogens (tertiary/aromatic N) is 2. The summed E-state index contributed by atoms with van der Waals surface area (Å²) in [6, 6.07) is 11.9. The number of rotatable bonds is 13. The number of carboxylic acid groups (broad SMARTS) is 1. The van der Waals surface area contributed by atoms with Crippen LogP contribution in [0.2, 0.25) is 10.0 Å². The summed E-state index contributed by atoms with van der Waals surface area (Å²) in [6.45, 7) is 1.80. The minimum Gasteiger partial charge on any atom is -0.477 e. The fourth-order valence-electron chi connectivity index (χ4n) is 3.84. The molecule has 2 atom stereocenters. The maximum atomic E-state index is 14.3. The first kappa shape index (κ1) is 29.3. The fraction of sp³-hybridized carbons (Fsp3) is 0.333. The number of esters is 1. The average Bonchev–Trinajstić information content (AvgIpc) is 3.30. The third-order valence-corrected chi connectivity index (χ3v) is 6.54. The predicted molar refractivity (Wildman–Crippen MR) is 139 cm³/mol. The van der Waals surface area contributed by atoms with Crippen LogP contribution in [0.15, 0.2) is 48.5 Å². The molecule has 0 amide bonds. The van der Waals surface area contributed by atoms with Crippen LogP contribution in [0.1, 0.15) is 58.3 Å². The van der Waals surface area contributed by atoms with E-state index in [1.807, 2.05) is 6.92 Å². The SMILES string of the molecule is CCCCOC(=O)[C@H](O)[C@H](CC(=O)c1cc(C(=O)O)n(Cc2ccc(Cl)cc2F)n1)Cc1ccccc1Cl. The van der Waals surface area contributed by atoms with Gasteiger partial charge in [0.25, 0.3) is 0 Å². The highest BCUT2D eigenvalue weighted by atomic mass is 35.5. The summed E-state index contributed by atoms with van der Waals surface area (Å²) in [7, 11) is 0. The monoisotopic (exact) mass is 564 g/mol. The summed E-state index contributed by atoms with van der Waals surface area (Å²) in [6.07, 6.45) is -0.481. The Bertz CT molecular complexity index is 1310. The fourth-order valence-corrected chi connectivity index (χ4v) is 4.21. The summed E-state index contributed by atoms with van der Waals surface area (Å²) in [5.74, 6) is -4.41. The normalized spacial score (nSPS) is 12.7. The number of Topliss-reactive ketones (excluding diaryl/α,β-unsaturated/α-hetero) is 1. The number of aliphatic hydroxyl groups is 1. The molecular weight excluding hydrogens is 538 g/mol. The van der Waals surface area contributed by atoms with Crippen LogP contribution in [0.25, 0.3) is 0 Å². The van der Waals surface area contributed by atoms with Gasteiger partial charge in [0.2, 0.25) is 0 Å². The quantitative estimate of drug-likeness (QED) is 0.166. The molecule has 0 saturated heterocycles. The second-order valence-corrected chi connectivity index (χ2v) is 9.61. The number of aliphatic hydroxyl groups excluding tert-OH is 1. The lowest BCUT2D eigenvalue weighted by atomic mass is 9.88. The van der Waals surface area contributed by atoms with Crippen molar-refractivity contribution < 1.29 is 33.7 Å². The molecule has 0 radical (unpaired) electrons. The van der Waals surface area contributed by atoms with E-state index in [-0.39, 0.29) is 48.0 Å². The Labute approximate surface area is 228 Å². The van der Waals surface area contributed by atoms with Gasteiger partial charge in [0.1, 0.15) is 17.2 Å². The van der Waals surface area contributed by atoms with Gasteiger partial charge in [0, 0.05) is 34.0 Å². The summed E-state index contributed by atoms with van der Waals surface area (Å²) in [5.41, 5.74) is 0.209. The van der Waals surface area contributed by atoms with Crippen LogP contribution in [0.5, 0.6) is 0 Å². The van der Waals surface area contributed by atoms with Crippen molar-refractivity contribution in [3.05, 3.63) is 86.9 Å². The van der Waals surface area contributed by atoms with E-state index in [0.717, 1.165) is 23.2 Å². The van der Waals surface area contributed by atoms with Crippen molar-refractivity contribution in [3.63, 3.8) is 0 Å². The third kappa shape index (κ3) is 7.63. The second kappa shape index (κ2) is 13.5. The first-order chi connectivity index (χ1) is 18.1. The molecule has 0 unspecified atom stereocenters. The van der Waals surface area contributed by atoms with E-state index in [4.69, 9.17) is 27.9 Å². The number of aromatic nitrogens is 2. The molecule has 2 N–H and O–H groups in total. The van der Waals surface area contributed by atoms with E-state index in [9.17, 15) is 29.0 Å². The molecule has 8 nitrogen and oxygen atoms in total. The number of hydrogen-bond donors (Lipinski definition) is 2. The summed E-state index contributed by atoms with van der Waals surface area (Å²) < 4.78 is 20.4. The van der Waals surface area contributed by atoms with E-state index in [1.54, 1.807) is 24.3 Å². The molecule has 0 spiro atoms.